The van der Waals surface area contributed by atoms with E-state index in [1.165, 1.54) is 24.3 Å². The Morgan fingerprint density at radius 3 is 2.12 bits per heavy atom. The van der Waals surface area contributed by atoms with Crippen molar-refractivity contribution in [3.05, 3.63) is 59.9 Å². The van der Waals surface area contributed by atoms with E-state index >= 15 is 0 Å². The summed E-state index contributed by atoms with van der Waals surface area (Å²) in [5.41, 5.74) is 6.83. The standard InChI is InChI=1S/C19H20FN3O3/c20-15-3-7-17(8-4-15)26-13-18(24)22-9-11-23(12-10-22)19(25)14-1-5-16(21)6-2-14/h1-8H,9-13,21H2. The van der Waals surface area contributed by atoms with E-state index in [1.807, 2.05) is 0 Å². The third-order valence-electron chi connectivity index (χ3n) is 4.25. The van der Waals surface area contributed by atoms with E-state index in [2.05, 4.69) is 0 Å². The summed E-state index contributed by atoms with van der Waals surface area (Å²) in [6.07, 6.45) is 0. The number of nitrogen functional groups attached to an aromatic ring is 1. The number of hydrogen-bond donors (Lipinski definition) is 1. The van der Waals surface area contributed by atoms with Crippen molar-refractivity contribution in [3.8, 4) is 5.75 Å². The fraction of sp³-hybridized carbons (Fsp3) is 0.263. The SMILES string of the molecule is Nc1ccc(C(=O)N2CCN(C(=O)COc3ccc(F)cc3)CC2)cc1. The molecule has 1 heterocycles. The van der Waals surface area contributed by atoms with Gasteiger partial charge in [0.15, 0.2) is 6.61 Å². The lowest BCUT2D eigenvalue weighted by Gasteiger charge is -2.34. The Hall–Kier alpha value is -3.09. The second kappa shape index (κ2) is 7.86. The summed E-state index contributed by atoms with van der Waals surface area (Å²) < 4.78 is 18.2. The van der Waals surface area contributed by atoms with Crippen molar-refractivity contribution in [3.63, 3.8) is 0 Å². The molecule has 0 saturated carbocycles. The summed E-state index contributed by atoms with van der Waals surface area (Å²) in [5.74, 6) is -0.143. The van der Waals surface area contributed by atoms with Crippen LogP contribution in [-0.4, -0.2) is 54.4 Å². The average Bonchev–Trinajstić information content (AvgIpc) is 2.67. The van der Waals surface area contributed by atoms with Crippen LogP contribution in [0.5, 0.6) is 5.75 Å². The molecule has 26 heavy (non-hydrogen) atoms. The zero-order valence-electron chi connectivity index (χ0n) is 14.2. The van der Waals surface area contributed by atoms with Crippen molar-refractivity contribution in [2.75, 3.05) is 38.5 Å². The molecule has 0 spiro atoms. The number of amides is 2. The predicted molar refractivity (Wildman–Crippen MR) is 95.2 cm³/mol. The summed E-state index contributed by atoms with van der Waals surface area (Å²) in [4.78, 5) is 28.1. The van der Waals surface area contributed by atoms with Gasteiger partial charge in [0, 0.05) is 37.4 Å². The van der Waals surface area contributed by atoms with Crippen LogP contribution in [0.2, 0.25) is 0 Å². The van der Waals surface area contributed by atoms with Gasteiger partial charge in [0.05, 0.1) is 0 Å². The predicted octanol–water partition coefficient (Wildman–Crippen LogP) is 1.77. The van der Waals surface area contributed by atoms with Crippen LogP contribution >= 0.6 is 0 Å². The minimum Gasteiger partial charge on any atom is -0.484 e. The fourth-order valence-corrected chi connectivity index (χ4v) is 2.73. The van der Waals surface area contributed by atoms with Crippen molar-refractivity contribution in [1.29, 1.82) is 0 Å². The minimum atomic E-state index is -0.356. The molecule has 0 bridgehead atoms. The van der Waals surface area contributed by atoms with Gasteiger partial charge in [-0.25, -0.2) is 4.39 Å². The van der Waals surface area contributed by atoms with E-state index in [9.17, 15) is 14.0 Å². The summed E-state index contributed by atoms with van der Waals surface area (Å²) in [5, 5.41) is 0. The Kier molecular flexibility index (Phi) is 5.36. The molecule has 0 aliphatic carbocycles. The molecule has 2 N–H and O–H groups in total. The van der Waals surface area contributed by atoms with E-state index in [1.54, 1.807) is 34.1 Å². The number of nitrogens with two attached hydrogens (primary N) is 1. The number of anilines is 1. The van der Waals surface area contributed by atoms with Gasteiger partial charge in [-0.3, -0.25) is 9.59 Å². The Morgan fingerprint density at radius 1 is 0.923 bits per heavy atom. The maximum absolute atomic E-state index is 12.9. The molecule has 7 heteroatoms. The van der Waals surface area contributed by atoms with Crippen LogP contribution in [-0.2, 0) is 4.79 Å². The normalized spacial score (nSPS) is 14.2. The van der Waals surface area contributed by atoms with Crippen LogP contribution in [0.3, 0.4) is 0 Å². The van der Waals surface area contributed by atoms with Gasteiger partial charge in [0.25, 0.3) is 11.8 Å². The van der Waals surface area contributed by atoms with Gasteiger partial charge in [-0.1, -0.05) is 0 Å². The van der Waals surface area contributed by atoms with E-state index in [0.717, 1.165) is 0 Å². The zero-order valence-corrected chi connectivity index (χ0v) is 14.2. The molecule has 1 fully saturated rings. The third kappa shape index (κ3) is 4.30. The number of ether oxygens (including phenoxy) is 1. The first-order valence-corrected chi connectivity index (χ1v) is 8.34. The second-order valence-electron chi connectivity index (χ2n) is 6.04. The van der Waals surface area contributed by atoms with E-state index in [4.69, 9.17) is 10.5 Å². The molecule has 1 saturated heterocycles. The van der Waals surface area contributed by atoms with Crippen LogP contribution in [0.15, 0.2) is 48.5 Å². The summed E-state index contributed by atoms with van der Waals surface area (Å²) in [7, 11) is 0. The minimum absolute atomic E-state index is 0.0698. The molecule has 3 rings (SSSR count). The van der Waals surface area contributed by atoms with Crippen LogP contribution in [0.4, 0.5) is 10.1 Å². The Bertz CT molecular complexity index is 770. The lowest BCUT2D eigenvalue weighted by Crippen LogP contribution is -2.51. The monoisotopic (exact) mass is 357 g/mol. The van der Waals surface area contributed by atoms with Gasteiger partial charge in [0.1, 0.15) is 11.6 Å². The number of piperazine rings is 1. The number of nitrogens with zero attached hydrogens (tertiary/aromatic N) is 2. The Morgan fingerprint density at radius 2 is 1.50 bits per heavy atom. The molecule has 2 aromatic carbocycles. The molecule has 136 valence electrons. The van der Waals surface area contributed by atoms with Crippen molar-refractivity contribution in [2.45, 2.75) is 0 Å². The smallest absolute Gasteiger partial charge is 0.260 e. The van der Waals surface area contributed by atoms with Crippen molar-refractivity contribution >= 4 is 17.5 Å². The summed E-state index contributed by atoms with van der Waals surface area (Å²) in [6.45, 7) is 1.72. The maximum atomic E-state index is 12.9. The second-order valence-corrected chi connectivity index (χ2v) is 6.04. The number of halogens is 1. The number of rotatable bonds is 4. The molecule has 2 amide bonds. The zero-order chi connectivity index (χ0) is 18.5. The highest BCUT2D eigenvalue weighted by molar-refractivity contribution is 5.94. The molecule has 1 aliphatic rings. The van der Waals surface area contributed by atoms with Gasteiger partial charge in [-0.05, 0) is 48.5 Å². The topological polar surface area (TPSA) is 75.9 Å². The Labute approximate surface area is 150 Å². The van der Waals surface area contributed by atoms with E-state index in [0.29, 0.717) is 43.2 Å². The quantitative estimate of drug-likeness (QED) is 0.846. The van der Waals surface area contributed by atoms with Gasteiger partial charge in [0.2, 0.25) is 0 Å². The van der Waals surface area contributed by atoms with Gasteiger partial charge >= 0.3 is 0 Å². The van der Waals surface area contributed by atoms with Crippen LogP contribution < -0.4 is 10.5 Å². The third-order valence-corrected chi connectivity index (χ3v) is 4.25. The van der Waals surface area contributed by atoms with Gasteiger partial charge in [-0.2, -0.15) is 0 Å². The van der Waals surface area contributed by atoms with Crippen LogP contribution in [0.1, 0.15) is 10.4 Å². The summed E-state index contributed by atoms with van der Waals surface area (Å²) >= 11 is 0. The number of carbonyl (C=O) groups excluding carboxylic acids is 2. The molecule has 1 aliphatic heterocycles. The molecule has 2 aromatic rings. The Balaban J connectivity index is 1.48. The highest BCUT2D eigenvalue weighted by atomic mass is 19.1. The van der Waals surface area contributed by atoms with Crippen LogP contribution in [0, 0.1) is 5.82 Å². The van der Waals surface area contributed by atoms with Crippen LogP contribution in [0.25, 0.3) is 0 Å². The molecule has 0 unspecified atom stereocenters. The van der Waals surface area contributed by atoms with Crippen molar-refractivity contribution < 1.29 is 18.7 Å². The number of hydrogen-bond acceptors (Lipinski definition) is 4. The molecular weight excluding hydrogens is 337 g/mol. The van der Waals surface area contributed by atoms with Gasteiger partial charge in [-0.15, -0.1) is 0 Å². The first-order valence-electron chi connectivity index (χ1n) is 8.34. The molecular formula is C19H20FN3O3. The lowest BCUT2D eigenvalue weighted by atomic mass is 10.1. The molecule has 0 radical (unpaired) electrons. The highest BCUT2D eigenvalue weighted by Crippen LogP contribution is 2.13. The first-order chi connectivity index (χ1) is 12.5. The average molecular weight is 357 g/mol. The van der Waals surface area contributed by atoms with E-state index in [-0.39, 0.29) is 24.2 Å². The largest absolute Gasteiger partial charge is 0.484 e. The number of carbonyl (C=O) groups is 2. The summed E-state index contributed by atoms with van der Waals surface area (Å²) in [6, 6.07) is 12.3. The number of benzene rings is 2. The molecule has 6 nitrogen and oxygen atoms in total. The van der Waals surface area contributed by atoms with Gasteiger partial charge < -0.3 is 20.3 Å². The van der Waals surface area contributed by atoms with E-state index < -0.39 is 0 Å². The first kappa shape index (κ1) is 17.7. The van der Waals surface area contributed by atoms with Crippen molar-refractivity contribution in [2.24, 2.45) is 0 Å². The van der Waals surface area contributed by atoms with Crippen molar-refractivity contribution in [1.82, 2.24) is 9.80 Å². The maximum Gasteiger partial charge on any atom is 0.260 e. The highest BCUT2D eigenvalue weighted by Gasteiger charge is 2.25. The molecule has 0 atom stereocenters. The lowest BCUT2D eigenvalue weighted by molar-refractivity contribution is -0.134. The fourth-order valence-electron chi connectivity index (χ4n) is 2.73. The molecule has 0 aromatic heterocycles.